The number of anilines is 1. The molecule has 2 amide bonds. The summed E-state index contributed by atoms with van der Waals surface area (Å²) in [5.41, 5.74) is 3.21. The van der Waals surface area contributed by atoms with Crippen LogP contribution in [0.15, 0.2) is 71.0 Å². The second-order valence-electron chi connectivity index (χ2n) is 8.06. The maximum Gasteiger partial charge on any atom is 0.270 e. The number of para-hydroxylation sites is 1. The van der Waals surface area contributed by atoms with Crippen LogP contribution in [0.2, 0.25) is 0 Å². The molecule has 1 N–H and O–H groups in total. The van der Waals surface area contributed by atoms with Crippen LogP contribution in [-0.2, 0) is 4.79 Å². The molecule has 6 nitrogen and oxygen atoms in total. The number of hydrogen-bond acceptors (Lipinski definition) is 4. The molecular weight excluding hydrogens is 421 g/mol. The molecule has 0 radical (unpaired) electrons. The van der Waals surface area contributed by atoms with E-state index in [0.717, 1.165) is 11.1 Å². The number of benzene rings is 2. The first-order valence-electron chi connectivity index (χ1n) is 10.8. The molecule has 0 spiro atoms. The Morgan fingerprint density at radius 2 is 1.73 bits per heavy atom. The Kier molecular flexibility index (Phi) is 6.58. The molecule has 1 aromatic heterocycles. The first-order valence-corrected chi connectivity index (χ1v) is 10.8. The molecule has 0 atom stereocenters. The van der Waals surface area contributed by atoms with Crippen molar-refractivity contribution in [3.63, 3.8) is 0 Å². The first kappa shape index (κ1) is 22.3. The van der Waals surface area contributed by atoms with E-state index in [2.05, 4.69) is 5.32 Å². The lowest BCUT2D eigenvalue weighted by Crippen LogP contribution is -2.50. The van der Waals surface area contributed by atoms with Crippen LogP contribution in [-0.4, -0.2) is 42.9 Å². The van der Waals surface area contributed by atoms with Crippen LogP contribution < -0.4 is 10.2 Å². The summed E-state index contributed by atoms with van der Waals surface area (Å²) in [6.45, 7) is 5.71. The second kappa shape index (κ2) is 9.73. The zero-order valence-corrected chi connectivity index (χ0v) is 18.7. The van der Waals surface area contributed by atoms with E-state index in [4.69, 9.17) is 4.42 Å². The Bertz CT molecular complexity index is 1180. The van der Waals surface area contributed by atoms with Crippen LogP contribution in [0.5, 0.6) is 0 Å². The Morgan fingerprint density at radius 3 is 2.39 bits per heavy atom. The van der Waals surface area contributed by atoms with E-state index >= 15 is 0 Å². The van der Waals surface area contributed by atoms with Gasteiger partial charge in [-0.2, -0.15) is 0 Å². The quantitative estimate of drug-likeness (QED) is 0.597. The molecule has 1 aliphatic rings. The second-order valence-corrected chi connectivity index (χ2v) is 8.06. The predicted molar refractivity (Wildman–Crippen MR) is 125 cm³/mol. The van der Waals surface area contributed by atoms with Gasteiger partial charge in [-0.05, 0) is 61.4 Å². The van der Waals surface area contributed by atoms with Gasteiger partial charge in [0.1, 0.15) is 17.3 Å². The minimum Gasteiger partial charge on any atom is -0.465 e. The van der Waals surface area contributed by atoms with Crippen LogP contribution in [0.25, 0.3) is 6.08 Å². The van der Waals surface area contributed by atoms with Gasteiger partial charge in [0.25, 0.3) is 11.8 Å². The van der Waals surface area contributed by atoms with Crippen LogP contribution in [0, 0.1) is 19.7 Å². The van der Waals surface area contributed by atoms with Crippen molar-refractivity contribution in [1.29, 1.82) is 0 Å². The molecule has 2 aromatic carbocycles. The number of carbonyl (C=O) groups is 2. The standard InChI is InChI=1S/C26H26FN3O3/c1-18-9-10-20(16-19(18)2)25(31)28-23(17-21-6-5-15-33-21)26(32)30-13-11-29(12-14-30)24-8-4-3-7-22(24)27/h3-10,15-17H,11-14H2,1-2H3,(H,28,31)/b23-17-. The van der Waals surface area contributed by atoms with E-state index in [1.54, 1.807) is 47.4 Å². The summed E-state index contributed by atoms with van der Waals surface area (Å²) in [7, 11) is 0. The van der Waals surface area contributed by atoms with E-state index in [-0.39, 0.29) is 23.3 Å². The van der Waals surface area contributed by atoms with Crippen molar-refractivity contribution < 1.29 is 18.4 Å². The zero-order chi connectivity index (χ0) is 23.4. The molecular formula is C26H26FN3O3. The van der Waals surface area contributed by atoms with Gasteiger partial charge in [-0.1, -0.05) is 18.2 Å². The van der Waals surface area contributed by atoms with Crippen LogP contribution in [0.4, 0.5) is 10.1 Å². The SMILES string of the molecule is Cc1ccc(C(=O)N/C(=C\c2ccco2)C(=O)N2CCN(c3ccccc3F)CC2)cc1C. The van der Waals surface area contributed by atoms with E-state index < -0.39 is 0 Å². The summed E-state index contributed by atoms with van der Waals surface area (Å²) in [6, 6.07) is 15.5. The number of carbonyl (C=O) groups excluding carboxylic acids is 2. The fourth-order valence-corrected chi connectivity index (χ4v) is 3.77. The van der Waals surface area contributed by atoms with Crippen molar-refractivity contribution >= 4 is 23.6 Å². The van der Waals surface area contributed by atoms with Crippen molar-refractivity contribution in [3.05, 3.63) is 94.8 Å². The topological polar surface area (TPSA) is 65.8 Å². The van der Waals surface area contributed by atoms with Gasteiger partial charge >= 0.3 is 0 Å². The molecule has 2 heterocycles. The van der Waals surface area contributed by atoms with Crippen molar-refractivity contribution in [2.24, 2.45) is 0 Å². The van der Waals surface area contributed by atoms with Gasteiger partial charge in [-0.25, -0.2) is 4.39 Å². The van der Waals surface area contributed by atoms with Gasteiger partial charge in [0.15, 0.2) is 0 Å². The highest BCUT2D eigenvalue weighted by atomic mass is 19.1. The summed E-state index contributed by atoms with van der Waals surface area (Å²) < 4.78 is 19.5. The highest BCUT2D eigenvalue weighted by Gasteiger charge is 2.26. The largest absolute Gasteiger partial charge is 0.465 e. The number of nitrogens with one attached hydrogen (secondary N) is 1. The molecule has 0 aliphatic carbocycles. The van der Waals surface area contributed by atoms with Crippen LogP contribution in [0.3, 0.4) is 0 Å². The average molecular weight is 448 g/mol. The van der Waals surface area contributed by atoms with E-state index in [9.17, 15) is 14.0 Å². The van der Waals surface area contributed by atoms with Gasteiger partial charge in [-0.3, -0.25) is 9.59 Å². The fourth-order valence-electron chi connectivity index (χ4n) is 3.77. The van der Waals surface area contributed by atoms with Gasteiger partial charge in [0, 0.05) is 37.8 Å². The fraction of sp³-hybridized carbons (Fsp3) is 0.231. The lowest BCUT2D eigenvalue weighted by molar-refractivity contribution is -0.127. The Hall–Kier alpha value is -3.87. The number of piperazine rings is 1. The Balaban J connectivity index is 1.50. The normalized spacial score (nSPS) is 14.3. The third-order valence-corrected chi connectivity index (χ3v) is 5.84. The summed E-state index contributed by atoms with van der Waals surface area (Å²) in [4.78, 5) is 29.8. The molecule has 1 aliphatic heterocycles. The van der Waals surface area contributed by atoms with Crippen LogP contribution >= 0.6 is 0 Å². The number of furan rings is 1. The summed E-state index contributed by atoms with van der Waals surface area (Å²) >= 11 is 0. The summed E-state index contributed by atoms with van der Waals surface area (Å²) in [6.07, 6.45) is 3.04. The molecule has 7 heteroatoms. The molecule has 4 rings (SSSR count). The molecule has 0 bridgehead atoms. The minimum atomic E-state index is -0.366. The predicted octanol–water partition coefficient (Wildman–Crippen LogP) is 4.16. The van der Waals surface area contributed by atoms with Crippen molar-refractivity contribution in [3.8, 4) is 0 Å². The zero-order valence-electron chi connectivity index (χ0n) is 18.7. The number of amides is 2. The van der Waals surface area contributed by atoms with Crippen molar-refractivity contribution in [1.82, 2.24) is 10.2 Å². The maximum atomic E-state index is 14.1. The first-order chi connectivity index (χ1) is 15.9. The third-order valence-electron chi connectivity index (χ3n) is 5.84. The molecule has 1 fully saturated rings. The third kappa shape index (κ3) is 5.14. The molecule has 1 saturated heterocycles. The minimum absolute atomic E-state index is 0.132. The van der Waals surface area contributed by atoms with E-state index in [1.165, 1.54) is 18.4 Å². The van der Waals surface area contributed by atoms with Crippen LogP contribution in [0.1, 0.15) is 27.2 Å². The Morgan fingerprint density at radius 1 is 0.970 bits per heavy atom. The van der Waals surface area contributed by atoms with Gasteiger partial charge in [0.2, 0.25) is 0 Å². The lowest BCUT2D eigenvalue weighted by atomic mass is 10.1. The lowest BCUT2D eigenvalue weighted by Gasteiger charge is -2.36. The summed E-state index contributed by atoms with van der Waals surface area (Å²) in [5, 5.41) is 2.76. The molecule has 170 valence electrons. The van der Waals surface area contributed by atoms with E-state index in [0.29, 0.717) is 43.2 Å². The molecule has 0 unspecified atom stereocenters. The molecule has 33 heavy (non-hydrogen) atoms. The van der Waals surface area contributed by atoms with Crippen molar-refractivity contribution in [2.75, 3.05) is 31.1 Å². The van der Waals surface area contributed by atoms with Gasteiger partial charge in [-0.15, -0.1) is 0 Å². The monoisotopic (exact) mass is 447 g/mol. The Labute approximate surface area is 192 Å². The molecule has 3 aromatic rings. The molecule has 0 saturated carbocycles. The maximum absolute atomic E-state index is 14.1. The number of rotatable bonds is 5. The van der Waals surface area contributed by atoms with Crippen molar-refractivity contribution in [2.45, 2.75) is 13.8 Å². The average Bonchev–Trinajstić information content (AvgIpc) is 3.33. The number of nitrogens with zero attached hydrogens (tertiary/aromatic N) is 2. The van der Waals surface area contributed by atoms with Gasteiger partial charge in [0.05, 0.1) is 12.0 Å². The summed E-state index contributed by atoms with van der Waals surface area (Å²) in [5.74, 6) is -0.494. The number of halogens is 1. The number of aryl methyl sites for hydroxylation is 2. The highest BCUT2D eigenvalue weighted by molar-refractivity contribution is 6.05. The van der Waals surface area contributed by atoms with Gasteiger partial charge < -0.3 is 19.5 Å². The van der Waals surface area contributed by atoms with E-state index in [1.807, 2.05) is 24.8 Å². The number of hydrogen-bond donors (Lipinski definition) is 1. The smallest absolute Gasteiger partial charge is 0.270 e. The highest BCUT2D eigenvalue weighted by Crippen LogP contribution is 2.21.